The molecule has 0 spiro atoms. The van der Waals surface area contributed by atoms with Crippen molar-refractivity contribution in [3.05, 3.63) is 52.6 Å². The number of nitrogens with two attached hydrogens (primary N) is 1. The lowest BCUT2D eigenvalue weighted by Gasteiger charge is -2.26. The van der Waals surface area contributed by atoms with Gasteiger partial charge in [-0.3, -0.25) is 0 Å². The summed E-state index contributed by atoms with van der Waals surface area (Å²) in [6, 6.07) is 9.72. The molecule has 1 heterocycles. The molecule has 0 saturated carbocycles. The summed E-state index contributed by atoms with van der Waals surface area (Å²) in [4.78, 5) is 13.4. The van der Waals surface area contributed by atoms with Gasteiger partial charge in [-0.2, -0.15) is 5.26 Å². The summed E-state index contributed by atoms with van der Waals surface area (Å²) in [6.45, 7) is 3.63. The molecule has 0 saturated heterocycles. The van der Waals surface area contributed by atoms with Gasteiger partial charge < -0.3 is 15.2 Å². The first-order valence-electron chi connectivity index (χ1n) is 7.12. The van der Waals surface area contributed by atoms with Gasteiger partial charge in [0.05, 0.1) is 18.1 Å². The van der Waals surface area contributed by atoms with Crippen molar-refractivity contribution < 1.29 is 14.3 Å². The van der Waals surface area contributed by atoms with Gasteiger partial charge in [0.2, 0.25) is 5.88 Å². The molecule has 6 heteroatoms. The summed E-state index contributed by atoms with van der Waals surface area (Å²) in [5.41, 5.74) is 7.18. The molecule has 1 aromatic rings. The molecular formula is C17H18N2O3S. The summed E-state index contributed by atoms with van der Waals surface area (Å²) < 4.78 is 10.5. The Morgan fingerprint density at radius 1 is 1.43 bits per heavy atom. The minimum atomic E-state index is -0.580. The number of ether oxygens (including phenoxy) is 2. The van der Waals surface area contributed by atoms with Gasteiger partial charge in [0.25, 0.3) is 0 Å². The molecule has 2 rings (SSSR count). The SMILES string of the molecule is CCOC(=O)C1=C(C)OC(N)=C(C#N)C1c1ccc(SC)cc1. The highest BCUT2D eigenvalue weighted by Gasteiger charge is 2.36. The Hall–Kier alpha value is -2.39. The summed E-state index contributed by atoms with van der Waals surface area (Å²) in [5.74, 6) is -0.691. The molecule has 2 N–H and O–H groups in total. The Morgan fingerprint density at radius 2 is 2.09 bits per heavy atom. The maximum Gasteiger partial charge on any atom is 0.338 e. The number of esters is 1. The Kier molecular flexibility index (Phi) is 5.35. The minimum absolute atomic E-state index is 0.0250. The lowest BCUT2D eigenvalue weighted by molar-refractivity contribution is -0.139. The summed E-state index contributed by atoms with van der Waals surface area (Å²) in [5, 5.41) is 9.46. The Morgan fingerprint density at radius 3 is 2.61 bits per heavy atom. The van der Waals surface area contributed by atoms with Crippen molar-refractivity contribution in [2.45, 2.75) is 24.7 Å². The van der Waals surface area contributed by atoms with Crippen LogP contribution in [0.5, 0.6) is 0 Å². The van der Waals surface area contributed by atoms with Gasteiger partial charge in [-0.15, -0.1) is 11.8 Å². The van der Waals surface area contributed by atoms with E-state index in [0.29, 0.717) is 11.3 Å². The number of hydrogen-bond acceptors (Lipinski definition) is 6. The van der Waals surface area contributed by atoms with E-state index in [1.807, 2.05) is 30.5 Å². The van der Waals surface area contributed by atoms with Crippen LogP contribution in [0.25, 0.3) is 0 Å². The zero-order valence-electron chi connectivity index (χ0n) is 13.3. The first-order valence-corrected chi connectivity index (χ1v) is 8.35. The van der Waals surface area contributed by atoms with Crippen LogP contribution in [0.1, 0.15) is 25.3 Å². The molecule has 1 atom stereocenters. The molecule has 0 aliphatic carbocycles. The monoisotopic (exact) mass is 330 g/mol. The molecule has 1 aliphatic heterocycles. The van der Waals surface area contributed by atoms with Crippen molar-refractivity contribution >= 4 is 17.7 Å². The minimum Gasteiger partial charge on any atom is -0.463 e. The van der Waals surface area contributed by atoms with Gasteiger partial charge >= 0.3 is 5.97 Å². The number of allylic oxidation sites excluding steroid dienone is 2. The van der Waals surface area contributed by atoms with Crippen LogP contribution in [0.3, 0.4) is 0 Å². The maximum absolute atomic E-state index is 12.3. The average Bonchev–Trinajstić information content (AvgIpc) is 2.54. The fourth-order valence-electron chi connectivity index (χ4n) is 2.48. The molecule has 1 aliphatic rings. The predicted molar refractivity (Wildman–Crippen MR) is 88.2 cm³/mol. The quantitative estimate of drug-likeness (QED) is 0.674. The number of carbonyl (C=O) groups excluding carboxylic acids is 1. The summed E-state index contributed by atoms with van der Waals surface area (Å²) >= 11 is 1.62. The van der Waals surface area contributed by atoms with E-state index in [0.717, 1.165) is 10.5 Å². The van der Waals surface area contributed by atoms with Gasteiger partial charge in [0.1, 0.15) is 17.4 Å². The van der Waals surface area contributed by atoms with Crippen molar-refractivity contribution in [2.75, 3.05) is 12.9 Å². The van der Waals surface area contributed by atoms with E-state index < -0.39 is 11.9 Å². The van der Waals surface area contributed by atoms with Crippen LogP contribution >= 0.6 is 11.8 Å². The molecule has 1 unspecified atom stereocenters. The predicted octanol–water partition coefficient (Wildman–Crippen LogP) is 3.05. The van der Waals surface area contributed by atoms with E-state index in [1.54, 1.807) is 25.6 Å². The Bertz CT molecular complexity index is 714. The number of hydrogen-bond donors (Lipinski definition) is 1. The molecule has 0 amide bonds. The van der Waals surface area contributed by atoms with Gasteiger partial charge in [-0.25, -0.2) is 4.79 Å². The maximum atomic E-state index is 12.3. The van der Waals surface area contributed by atoms with Crippen molar-refractivity contribution in [3.8, 4) is 6.07 Å². The number of rotatable bonds is 4. The summed E-state index contributed by atoms with van der Waals surface area (Å²) in [6.07, 6.45) is 1.98. The van der Waals surface area contributed by atoms with E-state index in [2.05, 4.69) is 6.07 Å². The average molecular weight is 330 g/mol. The van der Waals surface area contributed by atoms with Crippen molar-refractivity contribution in [2.24, 2.45) is 5.73 Å². The third-order valence-corrected chi connectivity index (χ3v) is 4.29. The molecule has 23 heavy (non-hydrogen) atoms. The second kappa shape index (κ2) is 7.25. The number of thioether (sulfide) groups is 1. The zero-order valence-corrected chi connectivity index (χ0v) is 14.1. The lowest BCUT2D eigenvalue weighted by Crippen LogP contribution is -2.25. The molecule has 1 aromatic carbocycles. The van der Waals surface area contributed by atoms with Crippen LogP contribution in [0.15, 0.2) is 51.9 Å². The first-order chi connectivity index (χ1) is 11.0. The van der Waals surface area contributed by atoms with E-state index in [-0.39, 0.29) is 18.1 Å². The second-order valence-electron chi connectivity index (χ2n) is 4.89. The third-order valence-electron chi connectivity index (χ3n) is 3.55. The van der Waals surface area contributed by atoms with Crippen molar-refractivity contribution in [3.63, 3.8) is 0 Å². The van der Waals surface area contributed by atoms with Crippen LogP contribution in [-0.2, 0) is 14.3 Å². The third kappa shape index (κ3) is 3.35. The molecule has 5 nitrogen and oxygen atoms in total. The van der Waals surface area contributed by atoms with Crippen LogP contribution in [0, 0.1) is 11.3 Å². The molecular weight excluding hydrogens is 312 g/mol. The standard InChI is InChI=1S/C17H18N2O3S/c1-4-21-17(20)14-10(2)22-16(19)13(9-18)15(14)11-5-7-12(23-3)8-6-11/h5-8,15H,4,19H2,1-3H3. The van der Waals surface area contributed by atoms with Crippen LogP contribution in [-0.4, -0.2) is 18.8 Å². The zero-order chi connectivity index (χ0) is 17.0. The van der Waals surface area contributed by atoms with Crippen LogP contribution < -0.4 is 5.73 Å². The fourth-order valence-corrected chi connectivity index (χ4v) is 2.89. The largest absolute Gasteiger partial charge is 0.463 e. The number of carbonyl (C=O) groups is 1. The first kappa shape index (κ1) is 17.0. The highest BCUT2D eigenvalue weighted by Crippen LogP contribution is 2.39. The van der Waals surface area contributed by atoms with Gasteiger partial charge in [-0.05, 0) is 37.8 Å². The number of benzene rings is 1. The van der Waals surface area contributed by atoms with E-state index in [9.17, 15) is 10.1 Å². The van der Waals surface area contributed by atoms with Gasteiger partial charge in [0.15, 0.2) is 0 Å². The fraction of sp³-hybridized carbons (Fsp3) is 0.294. The highest BCUT2D eigenvalue weighted by atomic mass is 32.2. The number of nitrogens with zero attached hydrogens (tertiary/aromatic N) is 1. The van der Waals surface area contributed by atoms with E-state index in [1.165, 1.54) is 0 Å². The molecule has 0 radical (unpaired) electrons. The molecule has 0 fully saturated rings. The normalized spacial score (nSPS) is 17.6. The molecule has 0 aromatic heterocycles. The summed E-state index contributed by atoms with van der Waals surface area (Å²) in [7, 11) is 0. The molecule has 120 valence electrons. The van der Waals surface area contributed by atoms with E-state index in [4.69, 9.17) is 15.2 Å². The Balaban J connectivity index is 2.56. The van der Waals surface area contributed by atoms with Gasteiger partial charge in [0, 0.05) is 4.90 Å². The second-order valence-corrected chi connectivity index (χ2v) is 5.77. The van der Waals surface area contributed by atoms with Crippen LogP contribution in [0.4, 0.5) is 0 Å². The Labute approximate surface area is 139 Å². The van der Waals surface area contributed by atoms with Crippen LogP contribution in [0.2, 0.25) is 0 Å². The van der Waals surface area contributed by atoms with Gasteiger partial charge in [-0.1, -0.05) is 12.1 Å². The van der Waals surface area contributed by atoms with Crippen molar-refractivity contribution in [1.82, 2.24) is 0 Å². The number of nitriles is 1. The van der Waals surface area contributed by atoms with E-state index >= 15 is 0 Å². The topological polar surface area (TPSA) is 85.3 Å². The molecule has 0 bridgehead atoms. The van der Waals surface area contributed by atoms with Crippen molar-refractivity contribution in [1.29, 1.82) is 5.26 Å². The highest BCUT2D eigenvalue weighted by molar-refractivity contribution is 7.98. The lowest BCUT2D eigenvalue weighted by atomic mass is 9.83. The smallest absolute Gasteiger partial charge is 0.338 e.